The van der Waals surface area contributed by atoms with E-state index in [0.29, 0.717) is 67.4 Å². The summed E-state index contributed by atoms with van der Waals surface area (Å²) < 4.78 is 37.8. The number of allylic oxidation sites excluding steroid dienone is 2. The van der Waals surface area contributed by atoms with Gasteiger partial charge in [0.1, 0.15) is 6.61 Å². The van der Waals surface area contributed by atoms with E-state index in [9.17, 15) is 9.59 Å². The summed E-state index contributed by atoms with van der Waals surface area (Å²) in [5.74, 6) is 0.328. The molecule has 3 heterocycles. The van der Waals surface area contributed by atoms with Crippen LogP contribution < -0.4 is 5.73 Å². The van der Waals surface area contributed by atoms with Crippen LogP contribution in [0, 0.1) is 5.92 Å². The van der Waals surface area contributed by atoms with Gasteiger partial charge in [0.25, 0.3) is 0 Å². The zero-order chi connectivity index (χ0) is 54.0. The topological polar surface area (TPSA) is 131 Å². The molecule has 3 aliphatic rings. The number of unbranched alkanes of at least 4 members (excludes halogenated alkanes) is 12. The molecule has 0 aromatic heterocycles. The highest BCUT2D eigenvalue weighted by Gasteiger charge is 2.47. The lowest BCUT2D eigenvalue weighted by atomic mass is 9.92. The first-order valence-corrected chi connectivity index (χ1v) is 34.8. The van der Waals surface area contributed by atoms with Crippen molar-refractivity contribution in [3.63, 3.8) is 0 Å². The zero-order valence-corrected chi connectivity index (χ0v) is 52.4. The van der Waals surface area contributed by atoms with Gasteiger partial charge in [0, 0.05) is 24.5 Å². The fourth-order valence-electron chi connectivity index (χ4n) is 11.7. The van der Waals surface area contributed by atoms with Crippen molar-refractivity contribution in [1.29, 1.82) is 0 Å². The van der Waals surface area contributed by atoms with Crippen LogP contribution in [-0.2, 0) is 37.4 Å². The van der Waals surface area contributed by atoms with Crippen molar-refractivity contribution in [3.05, 3.63) is 36.1 Å². The minimum atomic E-state index is -2.01. The van der Waals surface area contributed by atoms with E-state index in [1.54, 1.807) is 6.08 Å². The molecule has 11 nitrogen and oxygen atoms in total. The van der Waals surface area contributed by atoms with Gasteiger partial charge < -0.3 is 38.4 Å². The van der Waals surface area contributed by atoms with Gasteiger partial charge in [-0.05, 0) is 119 Å². The Balaban J connectivity index is 0.0000187. The second-order valence-electron chi connectivity index (χ2n) is 24.4. The zero-order valence-electron chi connectivity index (χ0n) is 49.6. The molecular weight excluding hydrogens is 982 g/mol. The minimum Gasteiger partial charge on any atom is -0.462 e. The molecular formula is C60H112ClN3O8Si2. The van der Waals surface area contributed by atoms with E-state index >= 15 is 0 Å². The largest absolute Gasteiger partial charge is 0.462 e. The minimum absolute atomic E-state index is 0. The monoisotopic (exact) mass is 1090 g/mol. The van der Waals surface area contributed by atoms with Gasteiger partial charge in [-0.3, -0.25) is 4.79 Å². The number of nitrogens with two attached hydrogens (primary N) is 1. The molecule has 74 heavy (non-hydrogen) atoms. The number of esters is 2. The van der Waals surface area contributed by atoms with E-state index in [0.717, 1.165) is 95.6 Å². The number of halogens is 1. The lowest BCUT2D eigenvalue weighted by molar-refractivity contribution is -0.208. The summed E-state index contributed by atoms with van der Waals surface area (Å²) in [5, 5.41) is 0.139. The Bertz CT molecular complexity index is 1670. The number of fused-ring (bicyclic) bond motifs is 1. The number of aliphatic imine (C=N–C) groups is 1. The third-order valence-electron chi connectivity index (χ3n) is 16.7. The van der Waals surface area contributed by atoms with E-state index < -0.39 is 16.6 Å². The molecule has 0 amide bonds. The molecule has 0 spiro atoms. The molecule has 0 radical (unpaired) electrons. The lowest BCUT2D eigenvalue weighted by Gasteiger charge is -2.44. The molecule has 5 atom stereocenters. The SMILES string of the molecule is C=CCOC(=O)CCCCCCCCCCCCCCCOC(=O)C1=C(CCC[C@H](C)O[Si](C)(C)C(C)(C)C)N=C(N)N2[C@H](CC(CC/C=C\[C@H](CC)O[Si](C(C)C)(C(C)C)C(C)C)C3OCCCO3)CC[C@@H]12.Cl. The average molecular weight is 1100 g/mol. The Kier molecular flexibility index (Phi) is 32.7. The van der Waals surface area contributed by atoms with Gasteiger partial charge in [-0.25, -0.2) is 9.79 Å². The van der Waals surface area contributed by atoms with E-state index in [-0.39, 0.29) is 65.9 Å². The van der Waals surface area contributed by atoms with Crippen LogP contribution in [0.2, 0.25) is 34.8 Å². The van der Waals surface area contributed by atoms with Crippen LogP contribution >= 0.6 is 12.4 Å². The average Bonchev–Trinajstić information content (AvgIpc) is 3.75. The first-order chi connectivity index (χ1) is 34.7. The number of guanidine groups is 1. The van der Waals surface area contributed by atoms with Gasteiger partial charge in [0.05, 0.1) is 43.2 Å². The Morgan fingerprint density at radius 3 is 1.92 bits per heavy atom. The number of carbonyl (C=O) groups is 2. The molecule has 2 N–H and O–H groups in total. The van der Waals surface area contributed by atoms with Crippen LogP contribution in [0.4, 0.5) is 0 Å². The van der Waals surface area contributed by atoms with Gasteiger partial charge in [0.15, 0.2) is 20.6 Å². The Morgan fingerprint density at radius 1 is 0.811 bits per heavy atom. The highest BCUT2D eigenvalue weighted by molar-refractivity contribution is 6.77. The Morgan fingerprint density at radius 2 is 1.38 bits per heavy atom. The molecule has 0 aromatic carbocycles. The van der Waals surface area contributed by atoms with Crippen molar-refractivity contribution < 1.29 is 37.4 Å². The summed E-state index contributed by atoms with van der Waals surface area (Å²) in [6.45, 7) is 35.8. The van der Waals surface area contributed by atoms with Gasteiger partial charge in [0.2, 0.25) is 8.32 Å². The smallest absolute Gasteiger partial charge is 0.337 e. The Hall–Kier alpha value is -2.01. The predicted molar refractivity (Wildman–Crippen MR) is 316 cm³/mol. The fraction of sp³-hybridized carbons (Fsp3) is 0.850. The maximum atomic E-state index is 14.4. The first-order valence-electron chi connectivity index (χ1n) is 29.7. The van der Waals surface area contributed by atoms with E-state index in [1.807, 2.05) is 0 Å². The second kappa shape index (κ2) is 35.5. The van der Waals surface area contributed by atoms with E-state index in [1.165, 1.54) is 51.4 Å². The summed E-state index contributed by atoms with van der Waals surface area (Å²) in [5.41, 5.74) is 10.1. The van der Waals surface area contributed by atoms with Gasteiger partial charge in [-0.2, -0.15) is 0 Å². The first kappa shape index (κ1) is 68.1. The van der Waals surface area contributed by atoms with Crippen LogP contribution in [0.15, 0.2) is 41.1 Å². The highest BCUT2D eigenvalue weighted by atomic mass is 35.5. The highest BCUT2D eigenvalue weighted by Crippen LogP contribution is 2.44. The molecule has 2 saturated heterocycles. The molecule has 3 aliphatic heterocycles. The van der Waals surface area contributed by atoms with E-state index in [4.69, 9.17) is 38.5 Å². The number of rotatable bonds is 38. The van der Waals surface area contributed by atoms with Crippen molar-refractivity contribution in [1.82, 2.24) is 4.90 Å². The number of carbonyl (C=O) groups excluding carboxylic acids is 2. The van der Waals surface area contributed by atoms with Crippen LogP contribution in [0.1, 0.15) is 230 Å². The summed E-state index contributed by atoms with van der Waals surface area (Å²) in [6, 6.07) is -0.0512. The summed E-state index contributed by atoms with van der Waals surface area (Å²) in [7, 11) is -3.93. The lowest BCUT2D eigenvalue weighted by Crippen LogP contribution is -2.51. The quantitative estimate of drug-likeness (QED) is 0.0276. The van der Waals surface area contributed by atoms with Crippen LogP contribution in [-0.4, -0.2) is 96.4 Å². The number of nitrogens with zero attached hydrogens (tertiary/aromatic N) is 2. The maximum Gasteiger partial charge on any atom is 0.337 e. The molecule has 0 saturated carbocycles. The molecule has 14 heteroatoms. The van der Waals surface area contributed by atoms with Crippen molar-refractivity contribution in [2.75, 3.05) is 26.4 Å². The van der Waals surface area contributed by atoms with Gasteiger partial charge in [-0.1, -0.05) is 165 Å². The summed E-state index contributed by atoms with van der Waals surface area (Å²) in [6.07, 6.45) is 30.5. The van der Waals surface area contributed by atoms with E-state index in [2.05, 4.69) is 113 Å². The summed E-state index contributed by atoms with van der Waals surface area (Å²) >= 11 is 0. The number of hydrogen-bond acceptors (Lipinski definition) is 11. The van der Waals surface area contributed by atoms with Crippen LogP contribution in [0.5, 0.6) is 0 Å². The molecule has 430 valence electrons. The van der Waals surface area contributed by atoms with Crippen molar-refractivity contribution in [2.45, 2.75) is 296 Å². The molecule has 0 aliphatic carbocycles. The van der Waals surface area contributed by atoms with Gasteiger partial charge >= 0.3 is 11.9 Å². The third-order valence-corrected chi connectivity index (χ3v) is 27.4. The normalized spacial score (nSPS) is 19.2. The molecule has 0 aromatic rings. The van der Waals surface area contributed by atoms with Crippen molar-refractivity contribution in [2.24, 2.45) is 16.6 Å². The predicted octanol–water partition coefficient (Wildman–Crippen LogP) is 16.2. The van der Waals surface area contributed by atoms with Crippen LogP contribution in [0.3, 0.4) is 0 Å². The van der Waals surface area contributed by atoms with Crippen molar-refractivity contribution in [3.8, 4) is 0 Å². The summed E-state index contributed by atoms with van der Waals surface area (Å²) in [4.78, 5) is 33.3. The third kappa shape index (κ3) is 22.4. The second-order valence-corrected chi connectivity index (χ2v) is 34.5. The maximum absolute atomic E-state index is 14.4. The Labute approximate surface area is 461 Å². The molecule has 2 fully saturated rings. The molecule has 1 unspecified atom stereocenters. The fourth-order valence-corrected chi connectivity index (χ4v) is 18.8. The van der Waals surface area contributed by atoms with Gasteiger partial charge in [-0.15, -0.1) is 12.4 Å². The van der Waals surface area contributed by atoms with Crippen molar-refractivity contribution >= 4 is 46.9 Å². The number of hydrogen-bond donors (Lipinski definition) is 1. The standard InChI is InChI=1S/C60H111N3O8Si2.ClH/c1-15-41-66-55(64)38-28-26-24-22-20-18-17-19-21-23-25-27-31-42-67-57(65)56-53(37-32-34-49(9)70-72(13,14)60(10,11)12)62-59(61)63-51(39-40-54(56)63)45-50(58-68-43-33-44-69-58)35-29-30-36-52(16-2)71-73(46(3)4,47(5)6)48(7)8;/h15,30,36,46-52,54,58H,1,16-29,31-35,37-45H2,2-14H3,(H2,61,62);1H/b36-30-;/t49-,50?,51-,52-,54-;/m0./s1. The molecule has 3 rings (SSSR count). The number of ether oxygens (including phenoxy) is 4. The van der Waals surface area contributed by atoms with Crippen LogP contribution in [0.25, 0.3) is 0 Å². The molecule has 0 bridgehead atoms.